The van der Waals surface area contributed by atoms with Gasteiger partial charge in [0.25, 0.3) is 5.91 Å². The van der Waals surface area contributed by atoms with Crippen molar-refractivity contribution in [2.45, 2.75) is 65.6 Å². The minimum absolute atomic E-state index is 0.0714. The van der Waals surface area contributed by atoms with Crippen LogP contribution in [0.4, 0.5) is 0 Å². The number of hydrogen-bond donors (Lipinski definition) is 2. The van der Waals surface area contributed by atoms with Crippen LogP contribution in [0, 0.1) is 5.41 Å². The molecule has 1 aliphatic rings. The molecule has 1 unspecified atom stereocenters. The highest BCUT2D eigenvalue weighted by Crippen LogP contribution is 2.40. The fourth-order valence-electron chi connectivity index (χ4n) is 6.11. The topological polar surface area (TPSA) is 108 Å². The summed E-state index contributed by atoms with van der Waals surface area (Å²) in [5, 5.41) is 5.79. The molecule has 0 radical (unpaired) electrons. The first kappa shape index (κ1) is 31.3. The highest BCUT2D eigenvalue weighted by Gasteiger charge is 2.28. The van der Waals surface area contributed by atoms with E-state index in [0.29, 0.717) is 26.2 Å². The van der Waals surface area contributed by atoms with Gasteiger partial charge in [-0.15, -0.1) is 11.3 Å². The monoisotopic (exact) mass is 604 g/mol. The summed E-state index contributed by atoms with van der Waals surface area (Å²) < 4.78 is 13.6. The van der Waals surface area contributed by atoms with Gasteiger partial charge in [0.15, 0.2) is 0 Å². The van der Waals surface area contributed by atoms with Crippen molar-refractivity contribution in [3.63, 3.8) is 0 Å². The lowest BCUT2D eigenvalue weighted by Crippen LogP contribution is -2.53. The first-order chi connectivity index (χ1) is 20.8. The van der Waals surface area contributed by atoms with Crippen molar-refractivity contribution in [1.82, 2.24) is 25.0 Å². The second kappa shape index (κ2) is 13.7. The van der Waals surface area contributed by atoms with Crippen LogP contribution in [0.5, 0.6) is 0 Å². The van der Waals surface area contributed by atoms with Crippen LogP contribution in [-0.2, 0) is 40.3 Å². The first-order valence-electron chi connectivity index (χ1n) is 15.1. The maximum Gasteiger partial charge on any atom is 0.253 e. The van der Waals surface area contributed by atoms with Gasteiger partial charge in [0.1, 0.15) is 0 Å². The van der Waals surface area contributed by atoms with Gasteiger partial charge in [-0.3, -0.25) is 14.8 Å². The van der Waals surface area contributed by atoms with Gasteiger partial charge in [0, 0.05) is 73.9 Å². The zero-order valence-corrected chi connectivity index (χ0v) is 26.8. The molecule has 43 heavy (non-hydrogen) atoms. The smallest absolute Gasteiger partial charge is 0.253 e. The number of aryl methyl sites for hydroxylation is 1. The molecular formula is C33H44N6O3S. The van der Waals surface area contributed by atoms with Crippen molar-refractivity contribution in [1.29, 1.82) is 0 Å². The third kappa shape index (κ3) is 6.84. The number of carbonyl (C=O) groups excluding carboxylic acids is 1. The Morgan fingerprint density at radius 1 is 1.21 bits per heavy atom. The van der Waals surface area contributed by atoms with Crippen LogP contribution in [0.15, 0.2) is 41.9 Å². The number of hydrazine groups is 1. The lowest BCUT2D eigenvalue weighted by atomic mass is 9.84. The minimum Gasteiger partial charge on any atom is -0.384 e. The van der Waals surface area contributed by atoms with Gasteiger partial charge in [0.05, 0.1) is 41.3 Å². The van der Waals surface area contributed by atoms with Crippen LogP contribution in [0.3, 0.4) is 0 Å². The van der Waals surface area contributed by atoms with E-state index in [2.05, 4.69) is 65.4 Å². The number of nitrogens with two attached hydrogens (primary N) is 1. The fourth-order valence-corrected chi connectivity index (χ4v) is 6.98. The lowest BCUT2D eigenvalue weighted by Gasteiger charge is -2.29. The zero-order valence-electron chi connectivity index (χ0n) is 26.0. The quantitative estimate of drug-likeness (QED) is 0.229. The molecule has 10 heteroatoms. The molecule has 1 amide bonds. The van der Waals surface area contributed by atoms with E-state index in [0.717, 1.165) is 59.9 Å². The molecule has 1 atom stereocenters. The number of rotatable bonds is 12. The Hall–Kier alpha value is -3.15. The van der Waals surface area contributed by atoms with Gasteiger partial charge >= 0.3 is 0 Å². The number of methoxy groups -OCH3 is 2. The third-order valence-corrected chi connectivity index (χ3v) is 8.91. The Morgan fingerprint density at radius 2 is 2.05 bits per heavy atom. The molecule has 0 aliphatic carbocycles. The van der Waals surface area contributed by atoms with E-state index in [1.807, 2.05) is 12.3 Å². The van der Waals surface area contributed by atoms with Gasteiger partial charge in [-0.05, 0) is 61.4 Å². The molecule has 4 heterocycles. The maximum atomic E-state index is 12.9. The Kier molecular flexibility index (Phi) is 9.93. The largest absolute Gasteiger partial charge is 0.384 e. The number of hydrogen-bond acceptors (Lipinski definition) is 8. The molecular weight excluding hydrogens is 560 g/mol. The average molecular weight is 605 g/mol. The summed E-state index contributed by atoms with van der Waals surface area (Å²) >= 11 is 1.55. The van der Waals surface area contributed by atoms with E-state index >= 15 is 0 Å². The Labute approximate surface area is 258 Å². The molecule has 1 fully saturated rings. The van der Waals surface area contributed by atoms with E-state index in [-0.39, 0.29) is 11.3 Å². The molecule has 1 aliphatic heterocycles. The third-order valence-electron chi connectivity index (χ3n) is 8.04. The van der Waals surface area contributed by atoms with Crippen molar-refractivity contribution in [2.75, 3.05) is 33.9 Å². The summed E-state index contributed by atoms with van der Waals surface area (Å²) in [5.74, 6) is -0.0714. The molecule has 0 spiro atoms. The summed E-state index contributed by atoms with van der Waals surface area (Å²) in [4.78, 5) is 22.5. The van der Waals surface area contributed by atoms with Crippen LogP contribution < -0.4 is 11.2 Å². The normalized spacial score (nSPS) is 14.9. The summed E-state index contributed by atoms with van der Waals surface area (Å²) in [6.45, 7) is 10.1. The number of ether oxygens (including phenoxy) is 2. The number of carbonyl (C=O) groups is 1. The van der Waals surface area contributed by atoms with E-state index in [1.54, 1.807) is 30.6 Å². The number of nitrogens with zero attached hydrogens (tertiary/aromatic N) is 4. The van der Waals surface area contributed by atoms with Crippen LogP contribution in [0.1, 0.15) is 49.9 Å². The van der Waals surface area contributed by atoms with Gasteiger partial charge in [-0.1, -0.05) is 19.9 Å². The second-order valence-corrected chi connectivity index (χ2v) is 13.0. The SMILES string of the molecule is CCn1c(-c2cccnc2COC)c(CC(C)(C)COC)c2cc(-c3csc(CC(N)C(=O)N4CCCCN4)n3)ccc21. The summed E-state index contributed by atoms with van der Waals surface area (Å²) in [6.07, 6.45) is 5.14. The van der Waals surface area contributed by atoms with Crippen molar-refractivity contribution in [2.24, 2.45) is 11.1 Å². The molecule has 3 aromatic heterocycles. The summed E-state index contributed by atoms with van der Waals surface area (Å²) in [7, 11) is 3.47. The number of benzene rings is 1. The van der Waals surface area contributed by atoms with Gasteiger partial charge in [-0.25, -0.2) is 10.4 Å². The average Bonchev–Trinajstić information content (AvgIpc) is 3.59. The summed E-state index contributed by atoms with van der Waals surface area (Å²) in [5.41, 5.74) is 17.0. The van der Waals surface area contributed by atoms with Crippen molar-refractivity contribution in [3.8, 4) is 22.5 Å². The van der Waals surface area contributed by atoms with Gasteiger partial charge in [0.2, 0.25) is 0 Å². The van der Waals surface area contributed by atoms with Gasteiger partial charge < -0.3 is 19.8 Å². The van der Waals surface area contributed by atoms with Crippen LogP contribution in [0.25, 0.3) is 33.4 Å². The second-order valence-electron chi connectivity index (χ2n) is 12.1. The minimum atomic E-state index is -0.622. The highest BCUT2D eigenvalue weighted by molar-refractivity contribution is 7.10. The Morgan fingerprint density at radius 3 is 2.77 bits per heavy atom. The highest BCUT2D eigenvalue weighted by atomic mass is 32.1. The van der Waals surface area contributed by atoms with Crippen LogP contribution in [0.2, 0.25) is 0 Å². The maximum absolute atomic E-state index is 12.9. The van der Waals surface area contributed by atoms with Crippen molar-refractivity contribution in [3.05, 3.63) is 58.2 Å². The van der Waals surface area contributed by atoms with Crippen LogP contribution >= 0.6 is 11.3 Å². The molecule has 9 nitrogen and oxygen atoms in total. The first-order valence-corrected chi connectivity index (χ1v) is 16.0. The predicted molar refractivity (Wildman–Crippen MR) is 173 cm³/mol. The fraction of sp³-hybridized carbons (Fsp3) is 0.485. The summed E-state index contributed by atoms with van der Waals surface area (Å²) in [6, 6.07) is 10.1. The number of pyridine rings is 1. The molecule has 3 N–H and O–H groups in total. The van der Waals surface area contributed by atoms with E-state index in [9.17, 15) is 4.79 Å². The molecule has 0 saturated carbocycles. The van der Waals surface area contributed by atoms with Crippen molar-refractivity contribution < 1.29 is 14.3 Å². The Bertz CT molecular complexity index is 1560. The lowest BCUT2D eigenvalue weighted by molar-refractivity contribution is -0.136. The zero-order chi connectivity index (χ0) is 30.6. The van der Waals surface area contributed by atoms with Gasteiger partial charge in [-0.2, -0.15) is 0 Å². The number of nitrogens with one attached hydrogen (secondary N) is 1. The van der Waals surface area contributed by atoms with Crippen LogP contribution in [-0.4, -0.2) is 65.4 Å². The molecule has 1 saturated heterocycles. The van der Waals surface area contributed by atoms with E-state index in [4.69, 9.17) is 20.2 Å². The standard InChI is InChI=1S/C33H44N6O3S/c1-6-38-29-12-11-22(28-20-43-30(37-28)17-26(34)32(40)39-15-8-7-14-36-39)16-24(29)25(18-33(2,3)21-42-5)31(38)23-10-9-13-35-27(23)19-41-4/h9-13,16,20,26,36H,6-8,14-15,17-19,21,34H2,1-5H3. The molecule has 0 bridgehead atoms. The molecule has 5 rings (SSSR count). The number of aromatic nitrogens is 3. The number of thiazole rings is 1. The van der Waals surface area contributed by atoms with E-state index in [1.165, 1.54) is 22.2 Å². The van der Waals surface area contributed by atoms with Crippen molar-refractivity contribution >= 4 is 28.1 Å². The Balaban J connectivity index is 1.54. The number of fused-ring (bicyclic) bond motifs is 1. The molecule has 230 valence electrons. The molecule has 4 aromatic rings. The van der Waals surface area contributed by atoms with E-state index < -0.39 is 6.04 Å². The number of amides is 1. The predicted octanol–water partition coefficient (Wildman–Crippen LogP) is 5.21. The molecule has 1 aromatic carbocycles.